The van der Waals surface area contributed by atoms with Crippen LogP contribution in [0.3, 0.4) is 0 Å². The Morgan fingerprint density at radius 1 is 1.24 bits per heavy atom. The predicted octanol–water partition coefficient (Wildman–Crippen LogP) is 4.71. The number of likely N-dealkylation sites (tertiary alicyclic amines) is 1. The molecule has 5 nitrogen and oxygen atoms in total. The van der Waals surface area contributed by atoms with E-state index in [0.29, 0.717) is 21.9 Å². The molecule has 0 atom stereocenters. The number of thiophene rings is 1. The van der Waals surface area contributed by atoms with Crippen LogP contribution in [0, 0.1) is 0 Å². The summed E-state index contributed by atoms with van der Waals surface area (Å²) in [6.45, 7) is 1.71. The Morgan fingerprint density at radius 3 is 2.84 bits per heavy atom. The molecule has 0 saturated carbocycles. The zero-order chi connectivity index (χ0) is 17.2. The Morgan fingerprint density at radius 2 is 2.04 bits per heavy atom. The fraction of sp³-hybridized carbons (Fsp3) is 0.353. The zero-order valence-corrected chi connectivity index (χ0v) is 15.8. The third kappa shape index (κ3) is 3.54. The highest BCUT2D eigenvalue weighted by Gasteiger charge is 2.20. The second-order valence-electron chi connectivity index (χ2n) is 5.84. The lowest BCUT2D eigenvalue weighted by atomic mass is 10.1. The highest BCUT2D eigenvalue weighted by molar-refractivity contribution is 7.99. The molecule has 1 fully saturated rings. The molecule has 2 aromatic heterocycles. The minimum Gasteiger partial charge on any atom is -0.410 e. The number of carbonyl (C=O) groups is 1. The van der Waals surface area contributed by atoms with Gasteiger partial charge in [0.2, 0.25) is 5.91 Å². The lowest BCUT2D eigenvalue weighted by Crippen LogP contribution is -2.36. The second-order valence-corrected chi connectivity index (χ2v) is 8.20. The summed E-state index contributed by atoms with van der Waals surface area (Å²) < 4.78 is 6.79. The number of benzene rings is 1. The maximum absolute atomic E-state index is 12.2. The van der Waals surface area contributed by atoms with Crippen molar-refractivity contribution in [2.75, 3.05) is 18.8 Å². The number of hydrogen-bond acceptors (Lipinski definition) is 6. The number of aromatic nitrogens is 2. The van der Waals surface area contributed by atoms with E-state index >= 15 is 0 Å². The molecule has 1 aromatic carbocycles. The Hall–Kier alpha value is -1.57. The third-order valence-corrected chi connectivity index (χ3v) is 6.63. The van der Waals surface area contributed by atoms with Gasteiger partial charge in [0.15, 0.2) is 0 Å². The van der Waals surface area contributed by atoms with Crippen LogP contribution in [0.1, 0.15) is 19.3 Å². The summed E-state index contributed by atoms with van der Waals surface area (Å²) in [7, 11) is 0. The number of fused-ring (bicyclic) bond motifs is 1. The van der Waals surface area contributed by atoms with E-state index in [-0.39, 0.29) is 5.91 Å². The number of hydrogen-bond donors (Lipinski definition) is 0. The van der Waals surface area contributed by atoms with Crippen LogP contribution in [0.2, 0.25) is 5.02 Å². The number of thioether (sulfide) groups is 1. The van der Waals surface area contributed by atoms with Crippen molar-refractivity contribution in [2.24, 2.45) is 0 Å². The van der Waals surface area contributed by atoms with Crippen LogP contribution in [0.15, 0.2) is 33.9 Å². The molecule has 3 aromatic rings. The van der Waals surface area contributed by atoms with E-state index in [0.717, 1.165) is 40.9 Å². The largest absolute Gasteiger partial charge is 0.410 e. The van der Waals surface area contributed by atoms with Gasteiger partial charge in [-0.2, -0.15) is 0 Å². The molecule has 0 aliphatic carbocycles. The van der Waals surface area contributed by atoms with Crippen LogP contribution < -0.4 is 0 Å². The smallest absolute Gasteiger partial charge is 0.277 e. The van der Waals surface area contributed by atoms with Gasteiger partial charge in [-0.1, -0.05) is 41.6 Å². The minimum absolute atomic E-state index is 0.129. The maximum atomic E-state index is 12.2. The average molecular weight is 394 g/mol. The molecule has 0 unspecified atom stereocenters. The summed E-state index contributed by atoms with van der Waals surface area (Å²) in [5.74, 6) is 0.852. The maximum Gasteiger partial charge on any atom is 0.277 e. The van der Waals surface area contributed by atoms with Gasteiger partial charge in [-0.05, 0) is 25.3 Å². The fourth-order valence-corrected chi connectivity index (χ4v) is 4.97. The van der Waals surface area contributed by atoms with E-state index in [1.165, 1.54) is 29.5 Å². The normalized spacial score (nSPS) is 15.0. The second kappa shape index (κ2) is 7.35. The van der Waals surface area contributed by atoms with Crippen LogP contribution in [0.4, 0.5) is 0 Å². The summed E-state index contributed by atoms with van der Waals surface area (Å²) >= 11 is 9.25. The number of halogens is 1. The number of rotatable bonds is 4. The van der Waals surface area contributed by atoms with Crippen molar-refractivity contribution >= 4 is 50.7 Å². The molecule has 3 heterocycles. The summed E-state index contributed by atoms with van der Waals surface area (Å²) in [5, 5.41) is 10.2. The molecular formula is C17H16ClN3O2S2. The van der Waals surface area contributed by atoms with E-state index in [1.807, 2.05) is 29.2 Å². The van der Waals surface area contributed by atoms with Gasteiger partial charge in [-0.15, -0.1) is 21.5 Å². The van der Waals surface area contributed by atoms with Crippen molar-refractivity contribution in [3.63, 3.8) is 0 Å². The lowest BCUT2D eigenvalue weighted by molar-refractivity contribution is -0.129. The van der Waals surface area contributed by atoms with Gasteiger partial charge in [-0.3, -0.25) is 4.79 Å². The van der Waals surface area contributed by atoms with Gasteiger partial charge >= 0.3 is 0 Å². The summed E-state index contributed by atoms with van der Waals surface area (Å²) in [6.07, 6.45) is 3.39. The van der Waals surface area contributed by atoms with Crippen LogP contribution in [-0.4, -0.2) is 39.8 Å². The fourth-order valence-electron chi connectivity index (χ4n) is 2.87. The molecule has 1 saturated heterocycles. The van der Waals surface area contributed by atoms with E-state index in [4.69, 9.17) is 16.0 Å². The van der Waals surface area contributed by atoms with E-state index in [1.54, 1.807) is 0 Å². The summed E-state index contributed by atoms with van der Waals surface area (Å²) in [6, 6.07) is 7.91. The number of amides is 1. The Balaban J connectivity index is 1.46. The van der Waals surface area contributed by atoms with Crippen molar-refractivity contribution in [2.45, 2.75) is 24.5 Å². The van der Waals surface area contributed by atoms with Crippen LogP contribution >= 0.6 is 34.7 Å². The van der Waals surface area contributed by atoms with Gasteiger partial charge in [0, 0.05) is 23.2 Å². The minimum atomic E-state index is 0.129. The van der Waals surface area contributed by atoms with Crippen LogP contribution in [0.5, 0.6) is 0 Å². The lowest BCUT2D eigenvalue weighted by Gasteiger charge is -2.26. The van der Waals surface area contributed by atoms with Gasteiger partial charge in [-0.25, -0.2) is 0 Å². The highest BCUT2D eigenvalue weighted by Crippen LogP contribution is 2.41. The average Bonchev–Trinajstić information content (AvgIpc) is 3.25. The first kappa shape index (κ1) is 16.9. The molecule has 0 spiro atoms. The first-order valence-electron chi connectivity index (χ1n) is 8.14. The molecular weight excluding hydrogens is 378 g/mol. The molecule has 1 aliphatic rings. The highest BCUT2D eigenvalue weighted by atomic mass is 35.5. The first-order valence-corrected chi connectivity index (χ1v) is 10.3. The number of nitrogens with zero attached hydrogens (tertiary/aromatic N) is 3. The van der Waals surface area contributed by atoms with Crippen molar-refractivity contribution in [1.82, 2.24) is 15.1 Å². The molecule has 25 heavy (non-hydrogen) atoms. The quantitative estimate of drug-likeness (QED) is 0.601. The molecule has 1 amide bonds. The summed E-state index contributed by atoms with van der Waals surface area (Å²) in [5.41, 5.74) is 0. The van der Waals surface area contributed by atoms with Crippen molar-refractivity contribution in [3.05, 3.63) is 29.3 Å². The van der Waals surface area contributed by atoms with Crippen LogP contribution in [0.25, 0.3) is 20.9 Å². The van der Waals surface area contributed by atoms with Crippen molar-refractivity contribution < 1.29 is 9.21 Å². The van der Waals surface area contributed by atoms with Gasteiger partial charge in [0.25, 0.3) is 11.1 Å². The van der Waals surface area contributed by atoms with Crippen molar-refractivity contribution in [1.29, 1.82) is 0 Å². The van der Waals surface area contributed by atoms with Gasteiger partial charge in [0.05, 0.1) is 10.8 Å². The van der Waals surface area contributed by atoms with E-state index < -0.39 is 0 Å². The predicted molar refractivity (Wildman–Crippen MR) is 101 cm³/mol. The molecule has 0 bridgehead atoms. The molecule has 0 radical (unpaired) electrons. The molecule has 4 rings (SSSR count). The topological polar surface area (TPSA) is 59.2 Å². The number of carbonyl (C=O) groups excluding carboxylic acids is 1. The zero-order valence-electron chi connectivity index (χ0n) is 13.4. The first-order chi connectivity index (χ1) is 12.2. The Labute approximate surface area is 158 Å². The van der Waals surface area contributed by atoms with Gasteiger partial charge in [0.1, 0.15) is 4.88 Å². The van der Waals surface area contributed by atoms with Gasteiger partial charge < -0.3 is 9.32 Å². The number of piperidine rings is 1. The standard InChI is InChI=1S/C17H16ClN3O2S2/c18-14-11-6-2-3-7-12(11)25-15(14)16-19-20-17(23-16)24-10-13(22)21-8-4-1-5-9-21/h2-3,6-7H,1,4-5,8-10H2. The molecule has 0 N–H and O–H groups in total. The third-order valence-electron chi connectivity index (χ3n) is 4.16. The van der Waals surface area contributed by atoms with Crippen LogP contribution in [-0.2, 0) is 4.79 Å². The SMILES string of the molecule is O=C(CSc1nnc(-c2sc3ccccc3c2Cl)o1)N1CCCCC1. The molecule has 1 aliphatic heterocycles. The van der Waals surface area contributed by atoms with E-state index in [9.17, 15) is 4.79 Å². The Kier molecular flexibility index (Phi) is 4.96. The molecule has 130 valence electrons. The molecule has 8 heteroatoms. The monoisotopic (exact) mass is 393 g/mol. The van der Waals surface area contributed by atoms with Crippen molar-refractivity contribution in [3.8, 4) is 10.8 Å². The Bertz CT molecular complexity index is 902. The van der Waals surface area contributed by atoms with E-state index in [2.05, 4.69) is 10.2 Å². The summed E-state index contributed by atoms with van der Waals surface area (Å²) in [4.78, 5) is 14.9.